The highest BCUT2D eigenvalue weighted by atomic mass is 28.3. The molecule has 374 valence electrons. The summed E-state index contributed by atoms with van der Waals surface area (Å²) in [5.74, 6) is 10.9. The molecule has 1 aliphatic heterocycles. The van der Waals surface area contributed by atoms with E-state index in [1.807, 2.05) is 0 Å². The van der Waals surface area contributed by atoms with Crippen LogP contribution in [0.1, 0.15) is 217 Å². The van der Waals surface area contributed by atoms with Crippen molar-refractivity contribution in [1.82, 2.24) is 9.97 Å². The predicted octanol–water partition coefficient (Wildman–Crippen LogP) is 14.9. The standard InChI is InChI=1S/C60H95N3O2Si3/c1-25-46-47(26-2)56(53(58-50(29-5)51(30-6)60(65)63-58)32-35-67(40(13)14,41(15)16)42(17)18)61-55(46)52(31-34-66(37(7)8,38(9)10)39(11)12)57-48(27-3)49(28-4)59(62-57)54(64)33-36-68(43(19)20,44(21)22)45(23)24/h37-45,61-62H,25-30H2,1-24H3. The van der Waals surface area contributed by atoms with Crippen molar-refractivity contribution in [3.05, 3.63) is 55.5 Å². The first kappa shape index (κ1) is 58.7. The largest absolute Gasteiger partial charge is 0.353 e. The molecule has 0 aromatic carbocycles. The van der Waals surface area contributed by atoms with Crippen LogP contribution in [0.5, 0.6) is 0 Å². The number of hydrogen-bond donors (Lipinski definition) is 2. The quantitative estimate of drug-likeness (QED) is 0.0887. The van der Waals surface area contributed by atoms with Gasteiger partial charge >= 0.3 is 0 Å². The van der Waals surface area contributed by atoms with Crippen molar-refractivity contribution in [3.8, 4) is 34.4 Å². The lowest BCUT2D eigenvalue weighted by Crippen LogP contribution is -2.43. The van der Waals surface area contributed by atoms with Crippen molar-refractivity contribution in [2.75, 3.05) is 0 Å². The first-order valence-electron chi connectivity index (χ1n) is 27.0. The van der Waals surface area contributed by atoms with E-state index < -0.39 is 24.2 Å². The summed E-state index contributed by atoms with van der Waals surface area (Å²) in [5.41, 5.74) is 26.1. The minimum absolute atomic E-state index is 0.130. The summed E-state index contributed by atoms with van der Waals surface area (Å²) < 4.78 is 0. The van der Waals surface area contributed by atoms with E-state index in [-0.39, 0.29) is 11.7 Å². The molecule has 8 heteroatoms. The maximum absolute atomic E-state index is 14.8. The molecule has 1 aliphatic rings. The van der Waals surface area contributed by atoms with Gasteiger partial charge in [0.25, 0.3) is 11.7 Å². The van der Waals surface area contributed by atoms with Crippen LogP contribution < -0.4 is 10.7 Å². The van der Waals surface area contributed by atoms with Gasteiger partial charge in [0.15, 0.2) is 0 Å². The molecule has 3 rings (SSSR count). The normalized spacial score (nSPS) is 14.8. The number of carbonyl (C=O) groups is 2. The number of ketones is 1. The SMILES string of the molecule is CCC1=C(CC)C(C(C#C[Si](C(C)C)(C(C)C)C(C)C)=c2[nH]c(=C(C#C[Si](C(C)C)(C(C)C)C(C)C)c3[nH]c(C(=O)C#C[Si](C(C)C)(C(C)C)C(C)C)c(CC)c3CC)c(CC)c2CC)=NC1=O. The van der Waals surface area contributed by atoms with Crippen molar-refractivity contribution in [1.29, 1.82) is 0 Å². The summed E-state index contributed by atoms with van der Waals surface area (Å²) in [6.45, 7) is 55.1. The van der Waals surface area contributed by atoms with E-state index in [1.165, 1.54) is 11.1 Å². The number of aromatic nitrogens is 2. The molecule has 2 aromatic rings. The van der Waals surface area contributed by atoms with Crippen molar-refractivity contribution in [2.24, 2.45) is 4.99 Å². The Kier molecular flexibility index (Phi) is 20.7. The van der Waals surface area contributed by atoms with Crippen molar-refractivity contribution in [3.63, 3.8) is 0 Å². The Labute approximate surface area is 419 Å². The molecule has 0 aliphatic carbocycles. The van der Waals surface area contributed by atoms with E-state index in [2.05, 4.69) is 211 Å². The van der Waals surface area contributed by atoms with E-state index in [9.17, 15) is 9.59 Å². The number of aliphatic imine (C=N–C) groups is 1. The van der Waals surface area contributed by atoms with Crippen LogP contribution in [0.2, 0.25) is 49.9 Å². The fourth-order valence-corrected chi connectivity index (χ4v) is 29.0. The third-order valence-corrected chi connectivity index (χ3v) is 35.6. The summed E-state index contributed by atoms with van der Waals surface area (Å²) in [4.78, 5) is 41.4. The van der Waals surface area contributed by atoms with Crippen LogP contribution in [-0.4, -0.2) is 51.6 Å². The molecule has 2 aromatic heterocycles. The monoisotopic (exact) mass is 974 g/mol. The lowest BCUT2D eigenvalue weighted by molar-refractivity contribution is -0.114. The van der Waals surface area contributed by atoms with Gasteiger partial charge in [0, 0.05) is 5.57 Å². The maximum Gasteiger partial charge on any atom is 0.273 e. The number of carbonyl (C=O) groups excluding carboxylic acids is 2. The number of Topliss-reactive ketones (excluding diaryl/α,β-unsaturated/α-hetero) is 1. The van der Waals surface area contributed by atoms with Crippen LogP contribution in [0.4, 0.5) is 0 Å². The molecule has 3 heterocycles. The number of rotatable bonds is 18. The molecule has 0 atom stereocenters. The Morgan fingerprint density at radius 1 is 0.426 bits per heavy atom. The molecule has 0 fully saturated rings. The summed E-state index contributed by atoms with van der Waals surface area (Å²) >= 11 is 0. The van der Waals surface area contributed by atoms with Gasteiger partial charge in [-0.3, -0.25) is 9.59 Å². The lowest BCUT2D eigenvalue weighted by atomic mass is 9.95. The van der Waals surface area contributed by atoms with Gasteiger partial charge in [-0.25, -0.2) is 4.99 Å². The van der Waals surface area contributed by atoms with Gasteiger partial charge in [-0.1, -0.05) is 178 Å². The van der Waals surface area contributed by atoms with E-state index in [0.717, 1.165) is 74.8 Å². The number of nitrogens with zero attached hydrogens (tertiary/aromatic N) is 1. The zero-order valence-electron chi connectivity index (χ0n) is 47.7. The average Bonchev–Trinajstić information content (AvgIpc) is 3.92. The maximum atomic E-state index is 14.8. The van der Waals surface area contributed by atoms with E-state index in [1.54, 1.807) is 0 Å². The molecule has 2 N–H and O–H groups in total. The smallest absolute Gasteiger partial charge is 0.273 e. The molecule has 0 saturated heterocycles. The topological polar surface area (TPSA) is 78.1 Å². The van der Waals surface area contributed by atoms with Crippen LogP contribution in [0.15, 0.2) is 16.1 Å². The molecule has 5 nitrogen and oxygen atoms in total. The van der Waals surface area contributed by atoms with E-state index in [4.69, 9.17) is 4.99 Å². The highest BCUT2D eigenvalue weighted by Gasteiger charge is 2.44. The molecule has 0 unspecified atom stereocenters. The second-order valence-electron chi connectivity index (χ2n) is 22.5. The number of H-pyrrole nitrogens is 2. The van der Waals surface area contributed by atoms with Crippen LogP contribution in [-0.2, 0) is 30.5 Å². The number of amides is 1. The van der Waals surface area contributed by atoms with Crippen molar-refractivity contribution < 1.29 is 9.59 Å². The zero-order valence-corrected chi connectivity index (χ0v) is 50.7. The first-order valence-corrected chi connectivity index (χ1v) is 33.7. The Morgan fingerprint density at radius 2 is 0.750 bits per heavy atom. The van der Waals surface area contributed by atoms with Gasteiger partial charge in [0.1, 0.15) is 24.2 Å². The fraction of sp³-hybridized carbons (Fsp3) is 0.650. The second kappa shape index (κ2) is 24.0. The molecule has 1 amide bonds. The number of allylic oxidation sites excluding steroid dienone is 1. The van der Waals surface area contributed by atoms with E-state index in [0.29, 0.717) is 74.8 Å². The Hall–Kier alpha value is -3.62. The fourth-order valence-electron chi connectivity index (χ4n) is 13.4. The highest BCUT2D eigenvalue weighted by molar-refractivity contribution is 6.91. The van der Waals surface area contributed by atoms with Crippen LogP contribution in [0, 0.1) is 34.4 Å². The van der Waals surface area contributed by atoms with Gasteiger partial charge in [-0.15, -0.1) is 16.6 Å². The molecule has 0 bridgehead atoms. The van der Waals surface area contributed by atoms with Gasteiger partial charge < -0.3 is 9.97 Å². The molecule has 0 saturated carbocycles. The van der Waals surface area contributed by atoms with Crippen LogP contribution in [0.3, 0.4) is 0 Å². The second-order valence-corrected chi connectivity index (χ2v) is 39.3. The lowest BCUT2D eigenvalue weighted by Gasteiger charge is -2.38. The molecule has 68 heavy (non-hydrogen) atoms. The highest BCUT2D eigenvalue weighted by Crippen LogP contribution is 2.43. The Morgan fingerprint density at radius 3 is 1.09 bits per heavy atom. The van der Waals surface area contributed by atoms with Crippen LogP contribution in [0.25, 0.3) is 11.1 Å². The number of nitrogens with one attached hydrogen (secondary N) is 2. The summed E-state index contributed by atoms with van der Waals surface area (Å²) in [6, 6.07) is 0. The molecule has 0 spiro atoms. The van der Waals surface area contributed by atoms with Gasteiger partial charge in [-0.05, 0) is 122 Å². The molecular formula is C60H95N3O2Si3. The number of aromatic amines is 2. The number of hydrogen-bond acceptors (Lipinski definition) is 2. The first-order chi connectivity index (χ1) is 31.7. The van der Waals surface area contributed by atoms with Crippen molar-refractivity contribution in [2.45, 2.75) is 255 Å². The minimum Gasteiger partial charge on any atom is -0.353 e. The summed E-state index contributed by atoms with van der Waals surface area (Å²) in [7, 11) is -6.65. The Bertz CT molecular complexity index is 2480. The molecule has 0 radical (unpaired) electrons. The molecular weight excluding hydrogens is 879 g/mol. The zero-order chi connectivity index (χ0) is 52.0. The van der Waals surface area contributed by atoms with Gasteiger partial charge in [0.2, 0.25) is 0 Å². The predicted molar refractivity (Wildman–Crippen MR) is 305 cm³/mol. The summed E-state index contributed by atoms with van der Waals surface area (Å²) in [5, 5.41) is 1.92. The van der Waals surface area contributed by atoms with Gasteiger partial charge in [-0.2, -0.15) is 0 Å². The summed E-state index contributed by atoms with van der Waals surface area (Å²) in [6.07, 6.45) is 4.28. The average molecular weight is 975 g/mol. The third kappa shape index (κ3) is 10.7. The van der Waals surface area contributed by atoms with Crippen LogP contribution >= 0.6 is 0 Å². The Balaban J connectivity index is 2.93. The minimum atomic E-state index is -2.25. The van der Waals surface area contributed by atoms with E-state index >= 15 is 0 Å². The van der Waals surface area contributed by atoms with Gasteiger partial charge in [0.05, 0.1) is 38.9 Å². The van der Waals surface area contributed by atoms with Crippen molar-refractivity contribution >= 4 is 52.8 Å². The third-order valence-electron chi connectivity index (χ3n) is 16.7.